The van der Waals surface area contributed by atoms with Crippen molar-refractivity contribution in [2.75, 3.05) is 41.0 Å². The van der Waals surface area contributed by atoms with Crippen molar-refractivity contribution >= 4 is 50.9 Å². The Bertz CT molecular complexity index is 1470. The topological polar surface area (TPSA) is 141 Å². The van der Waals surface area contributed by atoms with E-state index >= 15 is 4.39 Å². The van der Waals surface area contributed by atoms with Gasteiger partial charge in [-0.2, -0.15) is 15.7 Å². The van der Waals surface area contributed by atoms with Crippen LogP contribution in [0.25, 0.3) is 16.6 Å². The number of rotatable bonds is 5. The average molecular weight is 546 g/mol. The lowest BCUT2D eigenvalue weighted by atomic mass is 10.1. The first kappa shape index (κ1) is 25.2. The lowest BCUT2D eigenvalue weighted by molar-refractivity contribution is 0.262. The number of amides is 2. The Kier molecular flexibility index (Phi) is 6.92. The summed E-state index contributed by atoms with van der Waals surface area (Å²) in [4.78, 5) is 18.6. The molecule has 0 unspecified atom stereocenters. The van der Waals surface area contributed by atoms with Crippen molar-refractivity contribution in [3.05, 3.63) is 71.4 Å². The van der Waals surface area contributed by atoms with Gasteiger partial charge >= 0.3 is 6.03 Å². The summed E-state index contributed by atoms with van der Waals surface area (Å²) in [6, 6.07) is 12.4. The van der Waals surface area contributed by atoms with Crippen LogP contribution >= 0.6 is 22.2 Å². The van der Waals surface area contributed by atoms with Crippen LogP contribution in [0.3, 0.4) is 0 Å². The number of nitrogen functional groups attached to an aromatic ring is 1. The minimum Gasteiger partial charge on any atom is -0.382 e. The van der Waals surface area contributed by atoms with Crippen molar-refractivity contribution in [2.24, 2.45) is 0 Å². The molecule has 2 amide bonds. The molecule has 2 aromatic heterocycles. The number of carbonyl (C=O) groups is 1. The zero-order valence-corrected chi connectivity index (χ0v) is 21.1. The molecule has 13 heteroatoms. The molecule has 37 heavy (non-hydrogen) atoms. The highest BCUT2D eigenvalue weighted by atomic mass is 35.5. The Balaban J connectivity index is 1.39. The standard InChI is InChI=1S/C24H25ClFN7O3S/c25-16-2-1-3-17(11-16)30-24(34)31-21-5-4-15(10-20(21)26)19-12-18(33-22(19)23(27)28-14-29-33)13-32-6-8-37(35,36)9-7-32/h1-5,10-12,14,35-36H,6-9,13H2,(H2,27,28,29)(H2,30,31,34). The predicted octanol–water partition coefficient (Wildman–Crippen LogP) is 4.98. The van der Waals surface area contributed by atoms with Crippen molar-refractivity contribution < 1.29 is 18.3 Å². The Morgan fingerprint density at radius 1 is 1.14 bits per heavy atom. The summed E-state index contributed by atoms with van der Waals surface area (Å²) in [5.41, 5.74) is 9.18. The number of fused-ring (bicyclic) bond motifs is 1. The van der Waals surface area contributed by atoms with Crippen LogP contribution in [-0.2, 0) is 6.54 Å². The lowest BCUT2D eigenvalue weighted by Gasteiger charge is -2.40. The first-order valence-electron chi connectivity index (χ1n) is 11.4. The summed E-state index contributed by atoms with van der Waals surface area (Å²) in [7, 11) is -2.51. The van der Waals surface area contributed by atoms with E-state index in [4.69, 9.17) is 17.3 Å². The highest BCUT2D eigenvalue weighted by Crippen LogP contribution is 2.41. The van der Waals surface area contributed by atoms with Gasteiger partial charge < -0.3 is 16.4 Å². The predicted molar refractivity (Wildman–Crippen MR) is 145 cm³/mol. The van der Waals surface area contributed by atoms with Crippen molar-refractivity contribution in [1.29, 1.82) is 0 Å². The molecule has 0 saturated carbocycles. The number of nitrogens with zero attached hydrogens (tertiary/aromatic N) is 4. The number of anilines is 3. The van der Waals surface area contributed by atoms with Gasteiger partial charge in [0, 0.05) is 35.9 Å². The Labute approximate surface area is 218 Å². The van der Waals surface area contributed by atoms with Crippen LogP contribution in [0.2, 0.25) is 5.02 Å². The maximum Gasteiger partial charge on any atom is 0.323 e. The number of urea groups is 1. The molecule has 5 rings (SSSR count). The van der Waals surface area contributed by atoms with E-state index in [-0.39, 0.29) is 11.5 Å². The summed E-state index contributed by atoms with van der Waals surface area (Å²) in [5.74, 6) is 0.263. The number of hydrogen-bond donors (Lipinski definition) is 5. The first-order chi connectivity index (χ1) is 17.7. The van der Waals surface area contributed by atoms with Crippen molar-refractivity contribution in [3.63, 3.8) is 0 Å². The van der Waals surface area contributed by atoms with E-state index in [1.807, 2.05) is 6.07 Å². The van der Waals surface area contributed by atoms with Gasteiger partial charge in [0.2, 0.25) is 0 Å². The first-order valence-corrected chi connectivity index (χ1v) is 13.7. The minimum atomic E-state index is -2.51. The monoisotopic (exact) mass is 545 g/mol. The molecule has 2 aromatic carbocycles. The van der Waals surface area contributed by atoms with E-state index < -0.39 is 22.4 Å². The fraction of sp³-hybridized carbons (Fsp3) is 0.208. The molecule has 1 saturated heterocycles. The van der Waals surface area contributed by atoms with Gasteiger partial charge in [0.25, 0.3) is 0 Å². The molecule has 194 valence electrons. The summed E-state index contributed by atoms with van der Waals surface area (Å²) >= 11 is 5.94. The van der Waals surface area contributed by atoms with Crippen LogP contribution in [0.4, 0.5) is 26.4 Å². The molecule has 3 heterocycles. The van der Waals surface area contributed by atoms with E-state index in [1.54, 1.807) is 34.8 Å². The van der Waals surface area contributed by atoms with Gasteiger partial charge in [0.05, 0.1) is 22.9 Å². The second kappa shape index (κ2) is 10.1. The second-order valence-corrected chi connectivity index (χ2v) is 11.6. The molecular formula is C24H25ClFN7O3S. The third kappa shape index (κ3) is 5.63. The maximum atomic E-state index is 15.1. The molecule has 10 nitrogen and oxygen atoms in total. The van der Waals surface area contributed by atoms with Crippen LogP contribution in [-0.4, -0.2) is 59.2 Å². The number of aromatic nitrogens is 3. The van der Waals surface area contributed by atoms with Gasteiger partial charge in [-0.3, -0.25) is 14.0 Å². The van der Waals surface area contributed by atoms with Crippen LogP contribution in [0.15, 0.2) is 54.9 Å². The molecule has 0 aliphatic carbocycles. The fourth-order valence-corrected chi connectivity index (χ4v) is 5.75. The van der Waals surface area contributed by atoms with Gasteiger partial charge in [-0.1, -0.05) is 23.7 Å². The summed E-state index contributed by atoms with van der Waals surface area (Å²) < 4.78 is 36.6. The molecule has 0 bridgehead atoms. The molecule has 4 aromatic rings. The zero-order chi connectivity index (χ0) is 26.2. The van der Waals surface area contributed by atoms with E-state index in [0.717, 1.165) is 5.69 Å². The van der Waals surface area contributed by atoms with Gasteiger partial charge in [0.15, 0.2) is 5.82 Å². The van der Waals surface area contributed by atoms with Crippen LogP contribution < -0.4 is 16.4 Å². The molecule has 1 fully saturated rings. The highest BCUT2D eigenvalue weighted by molar-refractivity contribution is 8.24. The Hall–Kier alpha value is -3.42. The number of carbonyl (C=O) groups excluding carboxylic acids is 1. The summed E-state index contributed by atoms with van der Waals surface area (Å²) in [5, 5.41) is 9.92. The summed E-state index contributed by atoms with van der Waals surface area (Å²) in [6.07, 6.45) is 1.36. The lowest BCUT2D eigenvalue weighted by Crippen LogP contribution is -2.38. The molecule has 1 aliphatic rings. The number of nitrogens with two attached hydrogens (primary N) is 1. The van der Waals surface area contributed by atoms with Gasteiger partial charge in [-0.15, -0.1) is 0 Å². The van der Waals surface area contributed by atoms with Crippen molar-refractivity contribution in [2.45, 2.75) is 6.54 Å². The maximum absolute atomic E-state index is 15.1. The Morgan fingerprint density at radius 2 is 1.92 bits per heavy atom. The number of benzene rings is 2. The molecule has 6 N–H and O–H groups in total. The van der Waals surface area contributed by atoms with E-state index in [9.17, 15) is 13.9 Å². The van der Waals surface area contributed by atoms with Gasteiger partial charge in [-0.25, -0.2) is 18.7 Å². The van der Waals surface area contributed by atoms with E-state index in [1.165, 1.54) is 18.5 Å². The molecule has 0 radical (unpaired) electrons. The largest absolute Gasteiger partial charge is 0.382 e. The van der Waals surface area contributed by atoms with Crippen LogP contribution in [0.5, 0.6) is 0 Å². The van der Waals surface area contributed by atoms with Crippen LogP contribution in [0.1, 0.15) is 5.69 Å². The van der Waals surface area contributed by atoms with Crippen molar-refractivity contribution in [1.82, 2.24) is 19.5 Å². The third-order valence-electron chi connectivity index (χ3n) is 6.12. The van der Waals surface area contributed by atoms with Crippen LogP contribution in [0, 0.1) is 5.82 Å². The smallest absolute Gasteiger partial charge is 0.323 e. The number of hydrogen-bond acceptors (Lipinski definition) is 7. The molecule has 0 spiro atoms. The molecule has 1 aliphatic heterocycles. The van der Waals surface area contributed by atoms with Gasteiger partial charge in [-0.05, 0) is 42.0 Å². The quantitative estimate of drug-likeness (QED) is 0.238. The Morgan fingerprint density at radius 3 is 2.65 bits per heavy atom. The zero-order valence-electron chi connectivity index (χ0n) is 19.6. The van der Waals surface area contributed by atoms with E-state index in [2.05, 4.69) is 25.6 Å². The SMILES string of the molecule is Nc1ncnn2c(CN3CCS(O)(O)CC3)cc(-c3ccc(NC(=O)Nc4cccc(Cl)c4)c(F)c3)c12. The van der Waals surface area contributed by atoms with Crippen molar-refractivity contribution in [3.8, 4) is 11.1 Å². The number of nitrogens with one attached hydrogen (secondary N) is 2. The van der Waals surface area contributed by atoms with E-state index in [0.29, 0.717) is 58.5 Å². The fourth-order valence-electron chi connectivity index (χ4n) is 4.25. The second-order valence-electron chi connectivity index (χ2n) is 8.73. The molecule has 0 atom stereocenters. The van der Waals surface area contributed by atoms with Gasteiger partial charge in [0.1, 0.15) is 17.7 Å². The average Bonchev–Trinajstić information content (AvgIpc) is 3.21. The molecular weight excluding hydrogens is 521 g/mol. The number of halogens is 2. The summed E-state index contributed by atoms with van der Waals surface area (Å²) in [6.45, 7) is 1.58. The minimum absolute atomic E-state index is 0.00328. The third-order valence-corrected chi connectivity index (χ3v) is 8.03. The normalized spacial score (nSPS) is 16.4. The highest BCUT2D eigenvalue weighted by Gasteiger charge is 2.24.